The molecule has 0 aliphatic carbocycles. The molecule has 1 nitrogen and oxygen atoms in total. The van der Waals surface area contributed by atoms with Gasteiger partial charge in [-0.15, -0.1) is 11.3 Å². The molecule has 1 unspecified atom stereocenters. The Balaban J connectivity index is 2.19. The molecule has 0 aliphatic rings. The SMILES string of the molecule is CNC(c1cc(C)ccc1Br)c1cccc2ccsc12. The summed E-state index contributed by atoms with van der Waals surface area (Å²) in [5, 5.41) is 6.94. The van der Waals surface area contributed by atoms with E-state index in [1.807, 2.05) is 18.4 Å². The van der Waals surface area contributed by atoms with Crippen LogP contribution in [-0.4, -0.2) is 7.05 Å². The fourth-order valence-corrected chi connectivity index (χ4v) is 4.03. The van der Waals surface area contributed by atoms with Crippen LogP contribution in [0.4, 0.5) is 0 Å². The molecule has 3 aromatic rings. The van der Waals surface area contributed by atoms with Gasteiger partial charge in [-0.3, -0.25) is 0 Å². The molecule has 1 atom stereocenters. The number of benzene rings is 2. The van der Waals surface area contributed by atoms with Crippen LogP contribution in [0.25, 0.3) is 10.1 Å². The number of rotatable bonds is 3. The van der Waals surface area contributed by atoms with Gasteiger partial charge in [-0.05, 0) is 48.0 Å². The van der Waals surface area contributed by atoms with Gasteiger partial charge in [0.25, 0.3) is 0 Å². The fraction of sp³-hybridized carbons (Fsp3) is 0.176. The van der Waals surface area contributed by atoms with E-state index in [1.54, 1.807) is 0 Å². The highest BCUT2D eigenvalue weighted by Gasteiger charge is 2.17. The lowest BCUT2D eigenvalue weighted by atomic mass is 9.96. The average Bonchev–Trinajstić information content (AvgIpc) is 2.92. The maximum atomic E-state index is 3.69. The molecular weight excluding hydrogens is 330 g/mol. The van der Waals surface area contributed by atoms with E-state index in [4.69, 9.17) is 0 Å². The third-order valence-corrected chi connectivity index (χ3v) is 5.27. The predicted molar refractivity (Wildman–Crippen MR) is 91.6 cm³/mol. The van der Waals surface area contributed by atoms with Crippen LogP contribution in [0.5, 0.6) is 0 Å². The van der Waals surface area contributed by atoms with Crippen molar-refractivity contribution in [1.29, 1.82) is 0 Å². The van der Waals surface area contributed by atoms with Gasteiger partial charge >= 0.3 is 0 Å². The molecule has 0 fully saturated rings. The Morgan fingerprint density at radius 3 is 2.75 bits per heavy atom. The monoisotopic (exact) mass is 345 g/mol. The number of hydrogen-bond acceptors (Lipinski definition) is 2. The molecule has 3 rings (SSSR count). The summed E-state index contributed by atoms with van der Waals surface area (Å²) in [5.41, 5.74) is 3.90. The van der Waals surface area contributed by atoms with Crippen LogP contribution >= 0.6 is 27.3 Å². The van der Waals surface area contributed by atoms with Gasteiger partial charge in [-0.2, -0.15) is 0 Å². The van der Waals surface area contributed by atoms with Gasteiger partial charge in [0.05, 0.1) is 6.04 Å². The molecule has 20 heavy (non-hydrogen) atoms. The topological polar surface area (TPSA) is 12.0 Å². The van der Waals surface area contributed by atoms with Crippen LogP contribution in [-0.2, 0) is 0 Å². The van der Waals surface area contributed by atoms with Crippen LogP contribution < -0.4 is 5.32 Å². The van der Waals surface area contributed by atoms with Crippen molar-refractivity contribution < 1.29 is 0 Å². The third kappa shape index (κ3) is 2.41. The van der Waals surface area contributed by atoms with Crippen molar-refractivity contribution in [2.45, 2.75) is 13.0 Å². The van der Waals surface area contributed by atoms with Crippen molar-refractivity contribution in [3.8, 4) is 0 Å². The molecule has 1 aromatic heterocycles. The van der Waals surface area contributed by atoms with Crippen LogP contribution in [0.3, 0.4) is 0 Å². The van der Waals surface area contributed by atoms with Gasteiger partial charge in [0.15, 0.2) is 0 Å². The summed E-state index contributed by atoms with van der Waals surface area (Å²) < 4.78 is 2.51. The summed E-state index contributed by atoms with van der Waals surface area (Å²) in [6.45, 7) is 2.13. The molecule has 3 heteroatoms. The molecule has 0 aliphatic heterocycles. The molecule has 1 N–H and O–H groups in total. The molecule has 1 heterocycles. The van der Waals surface area contributed by atoms with Gasteiger partial charge in [-0.25, -0.2) is 0 Å². The molecule has 2 aromatic carbocycles. The summed E-state index contributed by atoms with van der Waals surface area (Å²) in [4.78, 5) is 0. The molecule has 0 amide bonds. The summed E-state index contributed by atoms with van der Waals surface area (Å²) in [6.07, 6.45) is 0. The Bertz CT molecular complexity index is 748. The molecule has 0 spiro atoms. The second kappa shape index (κ2) is 5.68. The molecule has 0 bridgehead atoms. The van der Waals surface area contributed by atoms with Crippen molar-refractivity contribution in [1.82, 2.24) is 5.32 Å². The first-order valence-electron chi connectivity index (χ1n) is 6.60. The summed E-state index contributed by atoms with van der Waals surface area (Å²) in [6, 6.07) is 15.4. The Morgan fingerprint density at radius 1 is 1.10 bits per heavy atom. The number of fused-ring (bicyclic) bond motifs is 1. The minimum atomic E-state index is 0.201. The van der Waals surface area contributed by atoms with E-state index < -0.39 is 0 Å². The zero-order valence-electron chi connectivity index (χ0n) is 11.5. The zero-order chi connectivity index (χ0) is 14.1. The normalized spacial score (nSPS) is 12.8. The lowest BCUT2D eigenvalue weighted by molar-refractivity contribution is 0.694. The van der Waals surface area contributed by atoms with Crippen molar-refractivity contribution in [2.75, 3.05) is 7.05 Å². The minimum Gasteiger partial charge on any atom is -0.309 e. The third-order valence-electron chi connectivity index (χ3n) is 3.57. The molecule has 0 saturated carbocycles. The predicted octanol–water partition coefficient (Wildman–Crippen LogP) is 5.28. The van der Waals surface area contributed by atoms with Crippen molar-refractivity contribution in [2.24, 2.45) is 0 Å². The molecule has 102 valence electrons. The lowest BCUT2D eigenvalue weighted by Crippen LogP contribution is -2.18. The Hall–Kier alpha value is -1.16. The zero-order valence-corrected chi connectivity index (χ0v) is 13.9. The summed E-state index contributed by atoms with van der Waals surface area (Å²) in [7, 11) is 2.02. The lowest BCUT2D eigenvalue weighted by Gasteiger charge is -2.20. The van der Waals surface area contributed by atoms with Gasteiger partial charge in [0.1, 0.15) is 0 Å². The van der Waals surface area contributed by atoms with Crippen molar-refractivity contribution in [3.05, 3.63) is 69.0 Å². The number of nitrogens with one attached hydrogen (secondary N) is 1. The van der Waals surface area contributed by atoms with E-state index in [0.29, 0.717) is 0 Å². The van der Waals surface area contributed by atoms with E-state index in [1.165, 1.54) is 26.8 Å². The van der Waals surface area contributed by atoms with Crippen molar-refractivity contribution in [3.63, 3.8) is 0 Å². The minimum absolute atomic E-state index is 0.201. The van der Waals surface area contributed by atoms with Gasteiger partial charge in [-0.1, -0.05) is 51.8 Å². The highest BCUT2D eigenvalue weighted by atomic mass is 79.9. The highest BCUT2D eigenvalue weighted by molar-refractivity contribution is 9.10. The Kier molecular flexibility index (Phi) is 3.92. The Morgan fingerprint density at radius 2 is 1.95 bits per heavy atom. The highest BCUT2D eigenvalue weighted by Crippen LogP contribution is 2.35. The van der Waals surface area contributed by atoms with Crippen LogP contribution in [0, 0.1) is 6.92 Å². The first-order chi connectivity index (χ1) is 9.70. The second-order valence-electron chi connectivity index (χ2n) is 4.93. The van der Waals surface area contributed by atoms with Crippen LogP contribution in [0.1, 0.15) is 22.7 Å². The number of hydrogen-bond donors (Lipinski definition) is 1. The average molecular weight is 346 g/mol. The quantitative estimate of drug-likeness (QED) is 0.680. The smallest absolute Gasteiger partial charge is 0.0599 e. The molecular formula is C17H16BrNS. The van der Waals surface area contributed by atoms with Gasteiger partial charge in [0.2, 0.25) is 0 Å². The van der Waals surface area contributed by atoms with Crippen molar-refractivity contribution >= 4 is 37.4 Å². The second-order valence-corrected chi connectivity index (χ2v) is 6.70. The van der Waals surface area contributed by atoms with E-state index in [9.17, 15) is 0 Å². The van der Waals surface area contributed by atoms with E-state index in [-0.39, 0.29) is 6.04 Å². The standard InChI is InChI=1S/C17H16BrNS/c1-11-6-7-15(18)14(10-11)16(19-2)13-5-3-4-12-8-9-20-17(12)13/h3-10,16,19H,1-2H3. The largest absolute Gasteiger partial charge is 0.309 e. The van der Waals surface area contributed by atoms with E-state index >= 15 is 0 Å². The summed E-state index contributed by atoms with van der Waals surface area (Å²) >= 11 is 5.49. The Labute approximate surface area is 131 Å². The van der Waals surface area contributed by atoms with Gasteiger partial charge < -0.3 is 5.32 Å². The maximum absolute atomic E-state index is 3.69. The maximum Gasteiger partial charge on any atom is 0.0599 e. The molecule has 0 radical (unpaired) electrons. The number of thiophene rings is 1. The van der Waals surface area contributed by atoms with Crippen LogP contribution in [0.2, 0.25) is 0 Å². The molecule has 0 saturated heterocycles. The first kappa shape index (κ1) is 13.8. The van der Waals surface area contributed by atoms with E-state index in [2.05, 4.69) is 76.0 Å². The number of aryl methyl sites for hydroxylation is 1. The van der Waals surface area contributed by atoms with Gasteiger partial charge in [0, 0.05) is 9.17 Å². The fourth-order valence-electron chi connectivity index (χ4n) is 2.61. The first-order valence-corrected chi connectivity index (χ1v) is 8.27. The van der Waals surface area contributed by atoms with Crippen LogP contribution in [0.15, 0.2) is 52.3 Å². The van der Waals surface area contributed by atoms with E-state index in [0.717, 1.165) is 4.47 Å². The summed E-state index contributed by atoms with van der Waals surface area (Å²) in [5.74, 6) is 0. The number of halogens is 1.